The Morgan fingerprint density at radius 3 is 2.53 bits per heavy atom. The molecule has 1 atom stereocenters. The first-order valence-electron chi connectivity index (χ1n) is 9.83. The van der Waals surface area contributed by atoms with Gasteiger partial charge < -0.3 is 20.1 Å². The lowest BCUT2D eigenvalue weighted by Gasteiger charge is -2.13. The number of carbonyl (C=O) groups excluding carboxylic acids is 3. The van der Waals surface area contributed by atoms with Gasteiger partial charge in [-0.25, -0.2) is 5.43 Å². The number of ether oxygens (including phenoxy) is 2. The molecular formula is C22H25ClN4O5. The summed E-state index contributed by atoms with van der Waals surface area (Å²) in [5, 5.41) is 9.18. The van der Waals surface area contributed by atoms with Crippen LogP contribution in [-0.4, -0.2) is 43.7 Å². The lowest BCUT2D eigenvalue weighted by molar-refractivity contribution is -0.139. The Kier molecular flexibility index (Phi) is 9.49. The molecule has 0 saturated heterocycles. The number of amides is 3. The van der Waals surface area contributed by atoms with Crippen molar-refractivity contribution in [3.05, 3.63) is 53.1 Å². The zero-order chi connectivity index (χ0) is 23.5. The van der Waals surface area contributed by atoms with E-state index >= 15 is 0 Å². The van der Waals surface area contributed by atoms with Crippen LogP contribution in [0.2, 0.25) is 5.02 Å². The van der Waals surface area contributed by atoms with Gasteiger partial charge in [-0.3, -0.25) is 14.4 Å². The van der Waals surface area contributed by atoms with Crippen molar-refractivity contribution in [2.45, 2.75) is 26.3 Å². The molecule has 0 saturated carbocycles. The molecule has 2 aromatic carbocycles. The molecule has 0 unspecified atom stereocenters. The SMILES string of the molecule is CC[C@H](C)NC(=O)C(=O)N/N=C\c1cc(Cl)c(OCC(=O)Nc2ccccc2)c(OC)c1. The topological polar surface area (TPSA) is 118 Å². The summed E-state index contributed by atoms with van der Waals surface area (Å²) in [6.45, 7) is 3.40. The maximum absolute atomic E-state index is 12.1. The summed E-state index contributed by atoms with van der Waals surface area (Å²) in [6, 6.07) is 11.9. The Morgan fingerprint density at radius 1 is 1.16 bits per heavy atom. The second kappa shape index (κ2) is 12.3. The maximum atomic E-state index is 12.1. The van der Waals surface area contributed by atoms with Crippen molar-refractivity contribution in [1.82, 2.24) is 10.7 Å². The maximum Gasteiger partial charge on any atom is 0.329 e. The zero-order valence-electron chi connectivity index (χ0n) is 18.0. The number of hydrogen-bond acceptors (Lipinski definition) is 6. The van der Waals surface area contributed by atoms with Crippen LogP contribution in [0.4, 0.5) is 5.69 Å². The zero-order valence-corrected chi connectivity index (χ0v) is 18.7. The normalized spacial score (nSPS) is 11.5. The van der Waals surface area contributed by atoms with Crippen molar-refractivity contribution in [3.8, 4) is 11.5 Å². The summed E-state index contributed by atoms with van der Waals surface area (Å²) in [5.41, 5.74) is 3.27. The number of rotatable bonds is 9. The smallest absolute Gasteiger partial charge is 0.329 e. The van der Waals surface area contributed by atoms with Crippen LogP contribution in [0.25, 0.3) is 0 Å². The molecule has 0 radical (unpaired) electrons. The van der Waals surface area contributed by atoms with Crippen LogP contribution in [-0.2, 0) is 14.4 Å². The lowest BCUT2D eigenvalue weighted by atomic mass is 10.2. The third-order valence-electron chi connectivity index (χ3n) is 4.23. The quantitative estimate of drug-likeness (QED) is 0.302. The first-order chi connectivity index (χ1) is 15.3. The second-order valence-electron chi connectivity index (χ2n) is 6.72. The largest absolute Gasteiger partial charge is 0.493 e. The molecule has 0 aliphatic carbocycles. The van der Waals surface area contributed by atoms with Crippen LogP contribution in [0, 0.1) is 0 Å². The number of anilines is 1. The molecule has 0 aliphatic heterocycles. The number of nitrogens with one attached hydrogen (secondary N) is 3. The van der Waals surface area contributed by atoms with E-state index in [1.807, 2.05) is 13.0 Å². The molecule has 32 heavy (non-hydrogen) atoms. The van der Waals surface area contributed by atoms with E-state index in [4.69, 9.17) is 21.1 Å². The molecule has 3 amide bonds. The van der Waals surface area contributed by atoms with Crippen molar-refractivity contribution in [3.63, 3.8) is 0 Å². The molecule has 2 aromatic rings. The number of hydrogen-bond donors (Lipinski definition) is 3. The van der Waals surface area contributed by atoms with Gasteiger partial charge in [0.05, 0.1) is 18.3 Å². The number of benzene rings is 2. The Balaban J connectivity index is 1.98. The highest BCUT2D eigenvalue weighted by atomic mass is 35.5. The number of carbonyl (C=O) groups is 3. The van der Waals surface area contributed by atoms with Gasteiger partial charge in [-0.15, -0.1) is 0 Å². The van der Waals surface area contributed by atoms with E-state index in [1.54, 1.807) is 37.3 Å². The molecule has 170 valence electrons. The third-order valence-corrected chi connectivity index (χ3v) is 4.51. The van der Waals surface area contributed by atoms with Gasteiger partial charge in [-0.1, -0.05) is 36.7 Å². The van der Waals surface area contributed by atoms with Crippen LogP contribution in [0.5, 0.6) is 11.5 Å². The predicted molar refractivity (Wildman–Crippen MR) is 122 cm³/mol. The fourth-order valence-electron chi connectivity index (χ4n) is 2.42. The highest BCUT2D eigenvalue weighted by molar-refractivity contribution is 6.35. The Morgan fingerprint density at radius 2 is 1.88 bits per heavy atom. The summed E-state index contributed by atoms with van der Waals surface area (Å²) in [7, 11) is 1.42. The van der Waals surface area contributed by atoms with Gasteiger partial charge in [0.1, 0.15) is 0 Å². The molecule has 3 N–H and O–H groups in total. The minimum Gasteiger partial charge on any atom is -0.493 e. The number of para-hydroxylation sites is 1. The molecule has 0 aromatic heterocycles. The molecule has 2 rings (SSSR count). The van der Waals surface area contributed by atoms with E-state index < -0.39 is 11.8 Å². The number of hydrazone groups is 1. The average Bonchev–Trinajstić information content (AvgIpc) is 2.78. The minimum atomic E-state index is -0.885. The van der Waals surface area contributed by atoms with E-state index in [0.29, 0.717) is 17.7 Å². The third kappa shape index (κ3) is 7.59. The standard InChI is InChI=1S/C22H25ClN4O5/c1-4-14(2)25-21(29)22(30)27-24-12-15-10-17(23)20(18(11-15)31-3)32-13-19(28)26-16-8-6-5-7-9-16/h5-12,14H,4,13H2,1-3H3,(H,25,29)(H,26,28)(H,27,30)/b24-12-/t14-/m0/s1. The van der Waals surface area contributed by atoms with Gasteiger partial charge >= 0.3 is 11.8 Å². The van der Waals surface area contributed by atoms with E-state index in [2.05, 4.69) is 21.2 Å². The van der Waals surface area contributed by atoms with Crippen molar-refractivity contribution >= 4 is 41.2 Å². The van der Waals surface area contributed by atoms with Crippen LogP contribution in [0.3, 0.4) is 0 Å². The summed E-state index contributed by atoms with van der Waals surface area (Å²) in [5.74, 6) is -1.56. The van der Waals surface area contributed by atoms with E-state index in [9.17, 15) is 14.4 Å². The summed E-state index contributed by atoms with van der Waals surface area (Å²) >= 11 is 6.27. The molecule has 0 heterocycles. The average molecular weight is 461 g/mol. The number of nitrogens with zero attached hydrogens (tertiary/aromatic N) is 1. The summed E-state index contributed by atoms with van der Waals surface area (Å²) in [4.78, 5) is 35.6. The Labute approximate surface area is 191 Å². The van der Waals surface area contributed by atoms with E-state index in [-0.39, 0.29) is 35.1 Å². The first kappa shape index (κ1) is 24.7. The molecule has 0 aliphatic rings. The van der Waals surface area contributed by atoms with Gasteiger partial charge in [0.2, 0.25) is 0 Å². The van der Waals surface area contributed by atoms with E-state index in [1.165, 1.54) is 19.4 Å². The Bertz CT molecular complexity index is 982. The first-order valence-corrected chi connectivity index (χ1v) is 10.2. The summed E-state index contributed by atoms with van der Waals surface area (Å²) < 4.78 is 10.8. The van der Waals surface area contributed by atoms with Gasteiger partial charge in [0.15, 0.2) is 18.1 Å². The van der Waals surface area contributed by atoms with Crippen LogP contribution in [0.1, 0.15) is 25.8 Å². The van der Waals surface area contributed by atoms with Crippen molar-refractivity contribution in [2.24, 2.45) is 5.10 Å². The molecular weight excluding hydrogens is 436 g/mol. The van der Waals surface area contributed by atoms with Gasteiger partial charge in [0, 0.05) is 11.7 Å². The summed E-state index contributed by atoms with van der Waals surface area (Å²) in [6.07, 6.45) is 2.00. The van der Waals surface area contributed by atoms with Crippen molar-refractivity contribution in [2.75, 3.05) is 19.0 Å². The van der Waals surface area contributed by atoms with E-state index in [0.717, 1.165) is 0 Å². The fraction of sp³-hybridized carbons (Fsp3) is 0.273. The molecule has 0 spiro atoms. The highest BCUT2D eigenvalue weighted by Gasteiger charge is 2.15. The van der Waals surface area contributed by atoms with Gasteiger partial charge in [-0.05, 0) is 43.2 Å². The minimum absolute atomic E-state index is 0.123. The van der Waals surface area contributed by atoms with Gasteiger partial charge in [0.25, 0.3) is 5.91 Å². The van der Waals surface area contributed by atoms with Crippen molar-refractivity contribution < 1.29 is 23.9 Å². The number of halogens is 1. The Hall–Kier alpha value is -3.59. The molecule has 0 fully saturated rings. The van der Waals surface area contributed by atoms with Crippen molar-refractivity contribution in [1.29, 1.82) is 0 Å². The molecule has 9 nitrogen and oxygen atoms in total. The van der Waals surface area contributed by atoms with Crippen LogP contribution < -0.4 is 25.5 Å². The fourth-order valence-corrected chi connectivity index (χ4v) is 2.69. The van der Waals surface area contributed by atoms with Gasteiger partial charge in [-0.2, -0.15) is 5.10 Å². The molecule has 10 heteroatoms. The monoisotopic (exact) mass is 460 g/mol. The second-order valence-corrected chi connectivity index (χ2v) is 7.13. The predicted octanol–water partition coefficient (Wildman–Crippen LogP) is 2.73. The van der Waals surface area contributed by atoms with Crippen LogP contribution >= 0.6 is 11.6 Å². The highest BCUT2D eigenvalue weighted by Crippen LogP contribution is 2.36. The number of methoxy groups -OCH3 is 1. The molecule has 0 bridgehead atoms. The van der Waals surface area contributed by atoms with Crippen LogP contribution in [0.15, 0.2) is 47.6 Å². The lowest BCUT2D eigenvalue weighted by Crippen LogP contribution is -2.41.